The maximum atomic E-state index is 6.16. The molecular formula is C14H17Cl2N5O2. The molecular weight excluding hydrogens is 341 g/mol. The van der Waals surface area contributed by atoms with E-state index in [0.29, 0.717) is 53.6 Å². The zero-order valence-electron chi connectivity index (χ0n) is 12.6. The molecule has 0 amide bonds. The number of hydrogen-bond donors (Lipinski definition) is 2. The minimum Gasteiger partial charge on any atom is -0.382 e. The van der Waals surface area contributed by atoms with Gasteiger partial charge in [-0.05, 0) is 6.07 Å². The molecule has 23 heavy (non-hydrogen) atoms. The lowest BCUT2D eigenvalue weighted by molar-refractivity contribution is 0.0759. The van der Waals surface area contributed by atoms with E-state index in [9.17, 15) is 0 Å². The number of anilines is 2. The molecule has 0 fully saturated rings. The van der Waals surface area contributed by atoms with E-state index in [1.807, 2.05) is 0 Å². The number of rotatable bonds is 8. The summed E-state index contributed by atoms with van der Waals surface area (Å²) in [4.78, 5) is 4.17. The Bertz CT molecular complexity index is 657. The third kappa shape index (κ3) is 4.90. The Labute approximate surface area is 144 Å². The van der Waals surface area contributed by atoms with Crippen molar-refractivity contribution in [2.45, 2.75) is 0 Å². The van der Waals surface area contributed by atoms with Gasteiger partial charge in [-0.3, -0.25) is 0 Å². The van der Waals surface area contributed by atoms with E-state index in [0.717, 1.165) is 0 Å². The quantitative estimate of drug-likeness (QED) is 0.700. The molecule has 0 aliphatic rings. The summed E-state index contributed by atoms with van der Waals surface area (Å²) < 4.78 is 10.2. The number of methoxy groups -OCH3 is 1. The van der Waals surface area contributed by atoms with Gasteiger partial charge in [-0.15, -0.1) is 10.2 Å². The van der Waals surface area contributed by atoms with Gasteiger partial charge in [-0.25, -0.2) is 0 Å². The van der Waals surface area contributed by atoms with Gasteiger partial charge in [0.05, 0.1) is 29.9 Å². The second-order valence-corrected chi connectivity index (χ2v) is 5.29. The van der Waals surface area contributed by atoms with E-state index >= 15 is 0 Å². The van der Waals surface area contributed by atoms with Gasteiger partial charge in [0.25, 0.3) is 0 Å². The molecule has 9 heteroatoms. The van der Waals surface area contributed by atoms with E-state index in [-0.39, 0.29) is 5.82 Å². The lowest BCUT2D eigenvalue weighted by atomic mass is 10.1. The Morgan fingerprint density at radius 2 is 2.00 bits per heavy atom. The van der Waals surface area contributed by atoms with Crippen LogP contribution in [0.4, 0.5) is 11.8 Å². The fraction of sp³-hybridized carbons (Fsp3) is 0.357. The normalized spacial score (nSPS) is 10.7. The van der Waals surface area contributed by atoms with E-state index in [2.05, 4.69) is 20.5 Å². The summed E-state index contributed by atoms with van der Waals surface area (Å²) in [6.45, 7) is 2.11. The number of nitrogens with zero attached hydrogens (tertiary/aromatic N) is 3. The molecule has 0 unspecified atom stereocenters. The summed E-state index contributed by atoms with van der Waals surface area (Å²) >= 11 is 12.1. The average Bonchev–Trinajstić information content (AvgIpc) is 2.54. The lowest BCUT2D eigenvalue weighted by Crippen LogP contribution is -2.14. The summed E-state index contributed by atoms with van der Waals surface area (Å²) in [5, 5.41) is 11.8. The van der Waals surface area contributed by atoms with Gasteiger partial charge in [0.15, 0.2) is 5.82 Å². The van der Waals surface area contributed by atoms with Crippen LogP contribution in [0.2, 0.25) is 10.0 Å². The highest BCUT2D eigenvalue weighted by molar-refractivity contribution is 6.43. The molecule has 3 N–H and O–H groups in total. The fourth-order valence-electron chi connectivity index (χ4n) is 1.77. The maximum Gasteiger partial charge on any atom is 0.244 e. The first-order valence-corrected chi connectivity index (χ1v) is 7.64. The highest BCUT2D eigenvalue weighted by Gasteiger charge is 2.13. The van der Waals surface area contributed by atoms with Crippen LogP contribution in [0, 0.1) is 0 Å². The molecule has 0 radical (unpaired) electrons. The van der Waals surface area contributed by atoms with Gasteiger partial charge in [-0.2, -0.15) is 4.98 Å². The molecule has 7 nitrogen and oxygen atoms in total. The number of halogens is 2. The predicted molar refractivity (Wildman–Crippen MR) is 90.9 cm³/mol. The number of aromatic nitrogens is 3. The van der Waals surface area contributed by atoms with E-state index in [1.165, 1.54) is 0 Å². The predicted octanol–water partition coefficient (Wildman–Crippen LogP) is 2.50. The zero-order valence-corrected chi connectivity index (χ0v) is 14.1. The van der Waals surface area contributed by atoms with E-state index < -0.39 is 0 Å². The van der Waals surface area contributed by atoms with Crippen molar-refractivity contribution < 1.29 is 9.47 Å². The van der Waals surface area contributed by atoms with Crippen molar-refractivity contribution in [1.82, 2.24) is 15.2 Å². The number of hydrogen-bond acceptors (Lipinski definition) is 7. The van der Waals surface area contributed by atoms with E-state index in [1.54, 1.807) is 25.3 Å². The average molecular weight is 358 g/mol. The Morgan fingerprint density at radius 3 is 2.74 bits per heavy atom. The standard InChI is InChI=1S/C14H17Cl2N5O2/c1-22-7-8-23-6-5-18-14-19-13(17)12(20-21-14)9-3-2-4-10(15)11(9)16/h2-4H,5-8H2,1H3,(H3,17,18,19,21). The molecule has 0 aliphatic heterocycles. The molecule has 2 aromatic rings. The molecule has 1 aromatic carbocycles. The summed E-state index contributed by atoms with van der Waals surface area (Å²) in [6, 6.07) is 5.20. The first-order valence-electron chi connectivity index (χ1n) is 6.88. The lowest BCUT2D eigenvalue weighted by Gasteiger charge is -2.09. The Morgan fingerprint density at radius 1 is 1.17 bits per heavy atom. The minimum atomic E-state index is 0.215. The first-order chi connectivity index (χ1) is 11.1. The van der Waals surface area contributed by atoms with Crippen molar-refractivity contribution in [2.75, 3.05) is 44.5 Å². The van der Waals surface area contributed by atoms with Crippen LogP contribution in [0.15, 0.2) is 18.2 Å². The van der Waals surface area contributed by atoms with Gasteiger partial charge < -0.3 is 20.5 Å². The second-order valence-electron chi connectivity index (χ2n) is 4.50. The van der Waals surface area contributed by atoms with Crippen LogP contribution in [0.1, 0.15) is 0 Å². The van der Waals surface area contributed by atoms with Gasteiger partial charge in [0.1, 0.15) is 5.69 Å². The van der Waals surface area contributed by atoms with Crippen LogP contribution in [0.25, 0.3) is 11.3 Å². The van der Waals surface area contributed by atoms with Crippen LogP contribution in [-0.2, 0) is 9.47 Å². The Balaban J connectivity index is 1.99. The molecule has 0 saturated carbocycles. The topological polar surface area (TPSA) is 95.2 Å². The van der Waals surface area contributed by atoms with Gasteiger partial charge in [0, 0.05) is 19.2 Å². The van der Waals surface area contributed by atoms with Gasteiger partial charge in [-0.1, -0.05) is 35.3 Å². The summed E-state index contributed by atoms with van der Waals surface area (Å²) in [7, 11) is 1.62. The molecule has 1 aromatic heterocycles. The number of benzene rings is 1. The molecule has 0 atom stereocenters. The summed E-state index contributed by atoms with van der Waals surface area (Å²) in [5.41, 5.74) is 6.92. The van der Waals surface area contributed by atoms with Crippen molar-refractivity contribution in [3.05, 3.63) is 28.2 Å². The molecule has 0 saturated heterocycles. The summed E-state index contributed by atoms with van der Waals surface area (Å²) in [6.07, 6.45) is 0. The number of nitrogens with two attached hydrogens (primary N) is 1. The molecule has 0 spiro atoms. The molecule has 0 aliphatic carbocycles. The van der Waals surface area contributed by atoms with Crippen molar-refractivity contribution in [2.24, 2.45) is 0 Å². The maximum absolute atomic E-state index is 6.16. The van der Waals surface area contributed by atoms with Crippen molar-refractivity contribution in [1.29, 1.82) is 0 Å². The highest BCUT2D eigenvalue weighted by atomic mass is 35.5. The third-order valence-corrected chi connectivity index (χ3v) is 3.70. The Hall–Kier alpha value is -1.67. The van der Waals surface area contributed by atoms with Crippen molar-refractivity contribution in [3.63, 3.8) is 0 Å². The van der Waals surface area contributed by atoms with E-state index in [4.69, 9.17) is 38.4 Å². The van der Waals surface area contributed by atoms with Crippen LogP contribution in [0.5, 0.6) is 0 Å². The smallest absolute Gasteiger partial charge is 0.244 e. The minimum absolute atomic E-state index is 0.215. The van der Waals surface area contributed by atoms with Crippen LogP contribution < -0.4 is 11.1 Å². The first kappa shape index (κ1) is 17.7. The monoisotopic (exact) mass is 357 g/mol. The molecule has 0 bridgehead atoms. The fourth-order valence-corrected chi connectivity index (χ4v) is 2.16. The second kappa shape index (κ2) is 8.83. The molecule has 1 heterocycles. The zero-order chi connectivity index (χ0) is 16.7. The number of ether oxygens (including phenoxy) is 2. The van der Waals surface area contributed by atoms with Crippen LogP contribution in [0.3, 0.4) is 0 Å². The highest BCUT2D eigenvalue weighted by Crippen LogP contribution is 2.34. The molecule has 124 valence electrons. The van der Waals surface area contributed by atoms with Gasteiger partial charge in [0.2, 0.25) is 5.95 Å². The summed E-state index contributed by atoms with van der Waals surface area (Å²) in [5.74, 6) is 0.534. The SMILES string of the molecule is COCCOCCNc1nnc(-c2cccc(Cl)c2Cl)c(N)n1. The van der Waals surface area contributed by atoms with Crippen LogP contribution >= 0.6 is 23.2 Å². The van der Waals surface area contributed by atoms with Crippen molar-refractivity contribution in [3.8, 4) is 11.3 Å². The number of nitrogen functional groups attached to an aromatic ring is 1. The van der Waals surface area contributed by atoms with Gasteiger partial charge >= 0.3 is 0 Å². The van der Waals surface area contributed by atoms with Crippen LogP contribution in [-0.4, -0.2) is 48.7 Å². The van der Waals surface area contributed by atoms with Crippen molar-refractivity contribution >= 4 is 35.0 Å². The number of nitrogens with one attached hydrogen (secondary N) is 1. The largest absolute Gasteiger partial charge is 0.382 e. The third-order valence-electron chi connectivity index (χ3n) is 2.88. The molecule has 2 rings (SSSR count). The Kier molecular flexibility index (Phi) is 6.79.